The average molecular weight is 250 g/mol. The molecule has 0 N–H and O–H groups in total. The molecule has 2 heteroatoms. The molecule has 0 aromatic carbocycles. The molecule has 2 nitrogen and oxygen atoms in total. The number of hydrogen-bond donors (Lipinski definition) is 0. The van der Waals surface area contributed by atoms with Gasteiger partial charge in [-0.1, -0.05) is 30.7 Å². The smallest absolute Gasteiger partial charge is 0.174 e. The summed E-state index contributed by atoms with van der Waals surface area (Å²) in [4.78, 5) is 0. The Morgan fingerprint density at radius 3 is 2.44 bits per heavy atom. The number of rotatable bonds is 3. The minimum Gasteiger partial charge on any atom is -0.353 e. The van der Waals surface area contributed by atoms with E-state index in [2.05, 4.69) is 33.4 Å². The number of ether oxygens (including phenoxy) is 2. The number of fused-ring (bicyclic) bond motifs is 2. The minimum atomic E-state index is -0.445. The summed E-state index contributed by atoms with van der Waals surface area (Å²) < 4.78 is 11.6. The molecule has 0 saturated heterocycles. The van der Waals surface area contributed by atoms with Crippen molar-refractivity contribution in [2.75, 3.05) is 14.2 Å². The molecule has 1 fully saturated rings. The van der Waals surface area contributed by atoms with Gasteiger partial charge in [-0.25, -0.2) is 0 Å². The highest BCUT2D eigenvalue weighted by Gasteiger charge is 2.55. The first-order chi connectivity index (χ1) is 8.42. The maximum absolute atomic E-state index is 5.79. The van der Waals surface area contributed by atoms with E-state index in [0.29, 0.717) is 11.8 Å². The first kappa shape index (κ1) is 13.8. The number of allylic oxidation sites excluding steroid dienone is 2. The second-order valence-corrected chi connectivity index (χ2v) is 6.17. The van der Waals surface area contributed by atoms with Gasteiger partial charge in [-0.2, -0.15) is 0 Å². The first-order valence-corrected chi connectivity index (χ1v) is 6.85. The Morgan fingerprint density at radius 1 is 1.33 bits per heavy atom. The highest BCUT2D eigenvalue weighted by atomic mass is 16.7. The van der Waals surface area contributed by atoms with Crippen LogP contribution in [0.25, 0.3) is 0 Å². The van der Waals surface area contributed by atoms with Gasteiger partial charge in [0.25, 0.3) is 0 Å². The van der Waals surface area contributed by atoms with Crippen LogP contribution in [0.3, 0.4) is 0 Å². The van der Waals surface area contributed by atoms with Crippen LogP contribution < -0.4 is 0 Å². The van der Waals surface area contributed by atoms with Crippen molar-refractivity contribution < 1.29 is 9.47 Å². The van der Waals surface area contributed by atoms with Crippen LogP contribution in [0.15, 0.2) is 23.8 Å². The number of methoxy groups -OCH3 is 2. The molecule has 0 aromatic heterocycles. The predicted molar refractivity (Wildman–Crippen MR) is 74.3 cm³/mol. The van der Waals surface area contributed by atoms with Crippen LogP contribution in [0.4, 0.5) is 0 Å². The zero-order valence-electron chi connectivity index (χ0n) is 12.4. The molecule has 102 valence electrons. The van der Waals surface area contributed by atoms with Gasteiger partial charge < -0.3 is 9.47 Å². The van der Waals surface area contributed by atoms with Crippen molar-refractivity contribution in [2.45, 2.75) is 45.8 Å². The summed E-state index contributed by atoms with van der Waals surface area (Å²) in [6.07, 6.45) is 5.54. The lowest BCUT2D eigenvalue weighted by Crippen LogP contribution is -2.55. The molecule has 3 atom stereocenters. The fourth-order valence-electron chi connectivity index (χ4n) is 4.07. The lowest BCUT2D eigenvalue weighted by molar-refractivity contribution is -0.268. The SMILES string of the molecule is C=C(C)C12CC=C(C)C(C1)C(OC)(OC)CC2C. The summed E-state index contributed by atoms with van der Waals surface area (Å²) in [5.74, 6) is 0.448. The monoisotopic (exact) mass is 250 g/mol. The van der Waals surface area contributed by atoms with Crippen molar-refractivity contribution in [3.63, 3.8) is 0 Å². The van der Waals surface area contributed by atoms with Crippen LogP contribution in [-0.2, 0) is 9.47 Å². The first-order valence-electron chi connectivity index (χ1n) is 6.85. The highest BCUT2D eigenvalue weighted by molar-refractivity contribution is 5.26. The summed E-state index contributed by atoms with van der Waals surface area (Å²) in [5.41, 5.74) is 2.96. The summed E-state index contributed by atoms with van der Waals surface area (Å²) in [7, 11) is 3.54. The second-order valence-electron chi connectivity index (χ2n) is 6.17. The van der Waals surface area contributed by atoms with E-state index in [0.717, 1.165) is 19.3 Å². The van der Waals surface area contributed by atoms with Crippen molar-refractivity contribution in [3.8, 4) is 0 Å². The van der Waals surface area contributed by atoms with Crippen LogP contribution in [0.1, 0.15) is 40.0 Å². The molecule has 2 bridgehead atoms. The van der Waals surface area contributed by atoms with Gasteiger partial charge in [0, 0.05) is 26.6 Å². The van der Waals surface area contributed by atoms with Gasteiger partial charge in [0.2, 0.25) is 0 Å². The van der Waals surface area contributed by atoms with Gasteiger partial charge >= 0.3 is 0 Å². The fourth-order valence-corrected chi connectivity index (χ4v) is 4.07. The Balaban J connectivity index is 2.46. The molecule has 2 aliphatic carbocycles. The van der Waals surface area contributed by atoms with Crippen molar-refractivity contribution in [3.05, 3.63) is 23.8 Å². The third kappa shape index (κ3) is 1.70. The largest absolute Gasteiger partial charge is 0.353 e. The topological polar surface area (TPSA) is 18.5 Å². The normalized spacial score (nSPS) is 38.2. The van der Waals surface area contributed by atoms with Crippen molar-refractivity contribution in [2.24, 2.45) is 17.3 Å². The van der Waals surface area contributed by atoms with Crippen LogP contribution in [0, 0.1) is 17.3 Å². The Kier molecular flexibility index (Phi) is 3.46. The summed E-state index contributed by atoms with van der Waals surface area (Å²) in [5, 5.41) is 0. The van der Waals surface area contributed by atoms with E-state index in [4.69, 9.17) is 9.47 Å². The molecular formula is C16H26O2. The Hall–Kier alpha value is -0.600. The van der Waals surface area contributed by atoms with E-state index in [1.807, 2.05) is 0 Å². The van der Waals surface area contributed by atoms with Crippen molar-refractivity contribution in [1.29, 1.82) is 0 Å². The van der Waals surface area contributed by atoms with Gasteiger partial charge in [0.05, 0.1) is 0 Å². The fraction of sp³-hybridized carbons (Fsp3) is 0.750. The molecule has 0 radical (unpaired) electrons. The van der Waals surface area contributed by atoms with E-state index in [-0.39, 0.29) is 5.41 Å². The van der Waals surface area contributed by atoms with Gasteiger partial charge in [-0.05, 0) is 38.0 Å². The van der Waals surface area contributed by atoms with E-state index >= 15 is 0 Å². The van der Waals surface area contributed by atoms with E-state index in [1.165, 1.54) is 11.1 Å². The molecule has 0 aliphatic heterocycles. The molecular weight excluding hydrogens is 224 g/mol. The molecule has 18 heavy (non-hydrogen) atoms. The molecule has 2 rings (SSSR count). The Labute approximate surface area is 111 Å². The molecule has 1 saturated carbocycles. The summed E-state index contributed by atoms with van der Waals surface area (Å²) in [6.45, 7) is 10.9. The van der Waals surface area contributed by atoms with Crippen LogP contribution >= 0.6 is 0 Å². The zero-order valence-corrected chi connectivity index (χ0v) is 12.4. The Bertz CT molecular complexity index is 379. The maximum Gasteiger partial charge on any atom is 0.174 e. The van der Waals surface area contributed by atoms with Crippen LogP contribution in [-0.4, -0.2) is 20.0 Å². The van der Waals surface area contributed by atoms with Gasteiger partial charge in [-0.3, -0.25) is 0 Å². The average Bonchev–Trinajstić information content (AvgIpc) is 2.36. The molecule has 0 heterocycles. The van der Waals surface area contributed by atoms with E-state index < -0.39 is 5.79 Å². The maximum atomic E-state index is 5.79. The lowest BCUT2D eigenvalue weighted by atomic mass is 9.53. The third-order valence-electron chi connectivity index (χ3n) is 5.51. The third-order valence-corrected chi connectivity index (χ3v) is 5.51. The molecule has 3 unspecified atom stereocenters. The van der Waals surface area contributed by atoms with Crippen molar-refractivity contribution >= 4 is 0 Å². The standard InChI is InChI=1S/C16H26O2/c1-11(2)15-8-7-12(3)14(10-15)16(17-5,18-6)9-13(15)4/h7,13-14H,1,8-10H2,2-6H3. The number of hydrogen-bond acceptors (Lipinski definition) is 2. The quantitative estimate of drug-likeness (QED) is 0.558. The van der Waals surface area contributed by atoms with Gasteiger partial charge in [-0.15, -0.1) is 0 Å². The van der Waals surface area contributed by atoms with Crippen LogP contribution in [0.2, 0.25) is 0 Å². The summed E-state index contributed by atoms with van der Waals surface area (Å²) in [6, 6.07) is 0. The van der Waals surface area contributed by atoms with E-state index in [9.17, 15) is 0 Å². The van der Waals surface area contributed by atoms with Gasteiger partial charge in [0.1, 0.15) is 0 Å². The molecule has 0 aromatic rings. The Morgan fingerprint density at radius 2 is 1.94 bits per heavy atom. The minimum absolute atomic E-state index is 0.241. The van der Waals surface area contributed by atoms with Crippen molar-refractivity contribution in [1.82, 2.24) is 0 Å². The molecule has 0 amide bonds. The second kappa shape index (κ2) is 4.50. The summed E-state index contributed by atoms with van der Waals surface area (Å²) >= 11 is 0. The molecule has 0 spiro atoms. The highest BCUT2D eigenvalue weighted by Crippen LogP contribution is 2.59. The predicted octanol–water partition coefficient (Wildman–Crippen LogP) is 3.93. The van der Waals surface area contributed by atoms with Crippen LogP contribution in [0.5, 0.6) is 0 Å². The lowest BCUT2D eigenvalue weighted by Gasteiger charge is -2.56. The molecule has 2 aliphatic rings. The zero-order chi connectivity index (χ0) is 13.6. The van der Waals surface area contributed by atoms with Gasteiger partial charge in [0.15, 0.2) is 5.79 Å². The van der Waals surface area contributed by atoms with E-state index in [1.54, 1.807) is 14.2 Å².